The summed E-state index contributed by atoms with van der Waals surface area (Å²) in [6.45, 7) is 3.75. The van der Waals surface area contributed by atoms with Gasteiger partial charge >= 0.3 is 5.88 Å². The van der Waals surface area contributed by atoms with E-state index >= 15 is 0 Å². The molecule has 0 saturated carbocycles. The van der Waals surface area contributed by atoms with Crippen molar-refractivity contribution in [2.75, 3.05) is 26.7 Å². The summed E-state index contributed by atoms with van der Waals surface area (Å²) in [4.78, 5) is 12.2. The Morgan fingerprint density at radius 1 is 1.65 bits per heavy atom. The molecule has 1 saturated heterocycles. The lowest BCUT2D eigenvalue weighted by atomic mass is 10.1. The normalized spacial score (nSPS) is 20.9. The monoisotopic (exact) mass is 239 g/mol. The standard InChI is InChI=1S/C11H17N3O3/c1-13-5-4-9(8-13)6-12-7-10-2-3-11(17-10)14(15)16/h2-3,9,12H,4-8H2,1H3. The Labute approximate surface area is 99.7 Å². The van der Waals surface area contributed by atoms with E-state index in [0.717, 1.165) is 19.6 Å². The minimum absolute atomic E-state index is 0.192. The highest BCUT2D eigenvalue weighted by molar-refractivity contribution is 5.17. The zero-order valence-corrected chi connectivity index (χ0v) is 9.89. The first kappa shape index (κ1) is 12.1. The minimum Gasteiger partial charge on any atom is -0.404 e. The van der Waals surface area contributed by atoms with Gasteiger partial charge in [0.15, 0.2) is 0 Å². The van der Waals surface area contributed by atoms with Crippen molar-refractivity contribution in [1.82, 2.24) is 10.2 Å². The van der Waals surface area contributed by atoms with Crippen molar-refractivity contribution < 1.29 is 9.34 Å². The SMILES string of the molecule is CN1CCC(CNCc2ccc([N+](=O)[O-])o2)C1. The summed E-state index contributed by atoms with van der Waals surface area (Å²) in [6.07, 6.45) is 1.21. The lowest BCUT2D eigenvalue weighted by molar-refractivity contribution is -0.402. The van der Waals surface area contributed by atoms with Crippen LogP contribution in [0.4, 0.5) is 5.88 Å². The Balaban J connectivity index is 1.72. The van der Waals surface area contributed by atoms with Gasteiger partial charge in [0, 0.05) is 6.54 Å². The van der Waals surface area contributed by atoms with E-state index in [4.69, 9.17) is 4.42 Å². The lowest BCUT2D eigenvalue weighted by Crippen LogP contribution is -2.24. The molecule has 1 N–H and O–H groups in total. The molecule has 2 heterocycles. The summed E-state index contributed by atoms with van der Waals surface area (Å²) in [7, 11) is 2.12. The second-order valence-corrected chi connectivity index (χ2v) is 4.54. The van der Waals surface area contributed by atoms with Crippen molar-refractivity contribution in [3.8, 4) is 0 Å². The molecule has 0 radical (unpaired) electrons. The summed E-state index contributed by atoms with van der Waals surface area (Å²) < 4.78 is 5.06. The van der Waals surface area contributed by atoms with Crippen molar-refractivity contribution in [3.05, 3.63) is 28.0 Å². The molecule has 94 valence electrons. The van der Waals surface area contributed by atoms with Gasteiger partial charge in [0.25, 0.3) is 0 Å². The lowest BCUT2D eigenvalue weighted by Gasteiger charge is -2.10. The van der Waals surface area contributed by atoms with E-state index in [1.165, 1.54) is 12.5 Å². The topological polar surface area (TPSA) is 71.5 Å². The molecule has 0 aliphatic carbocycles. The van der Waals surface area contributed by atoms with Crippen LogP contribution in [0.3, 0.4) is 0 Å². The van der Waals surface area contributed by atoms with Crippen LogP contribution in [0.15, 0.2) is 16.5 Å². The van der Waals surface area contributed by atoms with E-state index in [9.17, 15) is 10.1 Å². The number of nitrogens with zero attached hydrogens (tertiary/aromatic N) is 2. The Morgan fingerprint density at radius 3 is 3.06 bits per heavy atom. The largest absolute Gasteiger partial charge is 0.433 e. The first-order valence-corrected chi connectivity index (χ1v) is 5.77. The van der Waals surface area contributed by atoms with E-state index in [0.29, 0.717) is 18.2 Å². The first-order valence-electron chi connectivity index (χ1n) is 5.77. The molecular formula is C11H17N3O3. The molecule has 6 heteroatoms. The van der Waals surface area contributed by atoms with Gasteiger partial charge in [0.2, 0.25) is 0 Å². The molecule has 0 amide bonds. The van der Waals surface area contributed by atoms with E-state index in [-0.39, 0.29) is 5.88 Å². The molecule has 0 spiro atoms. The fraction of sp³-hybridized carbons (Fsp3) is 0.636. The smallest absolute Gasteiger partial charge is 0.404 e. The van der Waals surface area contributed by atoms with E-state index in [1.54, 1.807) is 6.07 Å². The molecule has 1 unspecified atom stereocenters. The summed E-state index contributed by atoms with van der Waals surface area (Å²) in [6, 6.07) is 3.03. The van der Waals surface area contributed by atoms with Crippen LogP contribution in [0.1, 0.15) is 12.2 Å². The predicted octanol–water partition coefficient (Wildman–Crippen LogP) is 1.23. The number of nitro groups is 1. The molecule has 1 aromatic rings. The Bertz CT molecular complexity index is 391. The van der Waals surface area contributed by atoms with Crippen molar-refractivity contribution >= 4 is 5.88 Å². The molecule has 1 aliphatic rings. The van der Waals surface area contributed by atoms with Crippen LogP contribution >= 0.6 is 0 Å². The molecule has 1 fully saturated rings. The third-order valence-electron chi connectivity index (χ3n) is 3.05. The molecule has 2 rings (SSSR count). The average molecular weight is 239 g/mol. The molecular weight excluding hydrogens is 222 g/mol. The third-order valence-corrected chi connectivity index (χ3v) is 3.05. The Morgan fingerprint density at radius 2 is 2.47 bits per heavy atom. The van der Waals surface area contributed by atoms with Gasteiger partial charge in [-0.3, -0.25) is 10.1 Å². The van der Waals surface area contributed by atoms with E-state index in [1.807, 2.05) is 0 Å². The fourth-order valence-electron chi connectivity index (χ4n) is 2.15. The van der Waals surface area contributed by atoms with Crippen LogP contribution in [0, 0.1) is 16.0 Å². The van der Waals surface area contributed by atoms with Crippen LogP contribution in [-0.2, 0) is 6.54 Å². The van der Waals surface area contributed by atoms with Crippen LogP contribution in [0.5, 0.6) is 0 Å². The first-order chi connectivity index (χ1) is 8.15. The highest BCUT2D eigenvalue weighted by Gasteiger charge is 2.19. The molecule has 6 nitrogen and oxygen atoms in total. The molecule has 1 aliphatic heterocycles. The quantitative estimate of drug-likeness (QED) is 0.618. The average Bonchev–Trinajstić information content (AvgIpc) is 2.88. The Kier molecular flexibility index (Phi) is 3.75. The zero-order valence-electron chi connectivity index (χ0n) is 9.89. The van der Waals surface area contributed by atoms with Gasteiger partial charge < -0.3 is 14.6 Å². The number of furan rings is 1. The Hall–Kier alpha value is -1.40. The third kappa shape index (κ3) is 3.28. The summed E-state index contributed by atoms with van der Waals surface area (Å²) in [5, 5.41) is 13.7. The van der Waals surface area contributed by atoms with E-state index in [2.05, 4.69) is 17.3 Å². The molecule has 17 heavy (non-hydrogen) atoms. The van der Waals surface area contributed by atoms with Crippen LogP contribution in [-0.4, -0.2) is 36.5 Å². The van der Waals surface area contributed by atoms with E-state index < -0.39 is 4.92 Å². The molecule has 0 bridgehead atoms. The number of likely N-dealkylation sites (tertiary alicyclic amines) is 1. The van der Waals surface area contributed by atoms with Gasteiger partial charge in [-0.15, -0.1) is 0 Å². The summed E-state index contributed by atoms with van der Waals surface area (Å²) in [5.74, 6) is 1.09. The maximum Gasteiger partial charge on any atom is 0.433 e. The maximum absolute atomic E-state index is 10.4. The summed E-state index contributed by atoms with van der Waals surface area (Å²) in [5.41, 5.74) is 0. The summed E-state index contributed by atoms with van der Waals surface area (Å²) >= 11 is 0. The van der Waals surface area contributed by atoms with Crippen molar-refractivity contribution in [2.45, 2.75) is 13.0 Å². The second kappa shape index (κ2) is 5.29. The minimum atomic E-state index is -0.518. The highest BCUT2D eigenvalue weighted by atomic mass is 16.6. The van der Waals surface area contributed by atoms with Crippen LogP contribution in [0.25, 0.3) is 0 Å². The van der Waals surface area contributed by atoms with Crippen LogP contribution in [0.2, 0.25) is 0 Å². The molecule has 1 atom stereocenters. The van der Waals surface area contributed by atoms with Gasteiger partial charge in [-0.25, -0.2) is 0 Å². The predicted molar refractivity (Wildman–Crippen MR) is 62.7 cm³/mol. The van der Waals surface area contributed by atoms with Gasteiger partial charge in [-0.2, -0.15) is 0 Å². The van der Waals surface area contributed by atoms with Gasteiger partial charge in [-0.05, 0) is 38.5 Å². The van der Waals surface area contributed by atoms with Gasteiger partial charge in [0.05, 0.1) is 12.6 Å². The van der Waals surface area contributed by atoms with Crippen molar-refractivity contribution in [1.29, 1.82) is 0 Å². The van der Waals surface area contributed by atoms with Crippen molar-refractivity contribution in [2.24, 2.45) is 5.92 Å². The number of hydrogen-bond acceptors (Lipinski definition) is 5. The fourth-order valence-corrected chi connectivity index (χ4v) is 2.15. The molecule has 1 aromatic heterocycles. The molecule has 0 aromatic carbocycles. The number of rotatable bonds is 5. The van der Waals surface area contributed by atoms with Gasteiger partial charge in [0.1, 0.15) is 10.7 Å². The number of hydrogen-bond donors (Lipinski definition) is 1. The van der Waals surface area contributed by atoms with Crippen LogP contribution < -0.4 is 5.32 Å². The zero-order chi connectivity index (χ0) is 12.3. The van der Waals surface area contributed by atoms with Gasteiger partial charge in [-0.1, -0.05) is 0 Å². The van der Waals surface area contributed by atoms with Crippen molar-refractivity contribution in [3.63, 3.8) is 0 Å². The highest BCUT2D eigenvalue weighted by Crippen LogP contribution is 2.16. The number of nitrogens with one attached hydrogen (secondary N) is 1. The maximum atomic E-state index is 10.4. The second-order valence-electron chi connectivity index (χ2n) is 4.54.